The number of aryl methyl sites for hydroxylation is 1. The molecule has 7 nitrogen and oxygen atoms in total. The fourth-order valence-electron chi connectivity index (χ4n) is 2.54. The summed E-state index contributed by atoms with van der Waals surface area (Å²) in [6.07, 6.45) is 2.96. The molecule has 1 aliphatic heterocycles. The minimum absolute atomic E-state index is 0.0312. The molecule has 1 aromatic heterocycles. The third-order valence-corrected chi connectivity index (χ3v) is 4.03. The normalized spacial score (nSPS) is 18.9. The van der Waals surface area contributed by atoms with Crippen molar-refractivity contribution < 1.29 is 9.59 Å². The fourth-order valence-corrected chi connectivity index (χ4v) is 2.54. The Labute approximate surface area is 118 Å². The molecule has 0 bridgehead atoms. The van der Waals surface area contributed by atoms with Crippen molar-refractivity contribution in [1.82, 2.24) is 25.0 Å². The van der Waals surface area contributed by atoms with Crippen LogP contribution in [0.1, 0.15) is 38.9 Å². The van der Waals surface area contributed by atoms with E-state index in [0.717, 1.165) is 0 Å². The fraction of sp³-hybridized carbons (Fsp3) is 0.692. The van der Waals surface area contributed by atoms with Crippen LogP contribution in [0.2, 0.25) is 0 Å². The van der Waals surface area contributed by atoms with Gasteiger partial charge in [-0.05, 0) is 12.8 Å². The molecule has 7 heteroatoms. The Hall–Kier alpha value is -1.92. The van der Waals surface area contributed by atoms with E-state index in [1.165, 1.54) is 6.33 Å². The maximum Gasteiger partial charge on any atom is 0.248 e. The van der Waals surface area contributed by atoms with Crippen LogP contribution in [0, 0.1) is 0 Å². The van der Waals surface area contributed by atoms with Crippen molar-refractivity contribution >= 4 is 11.8 Å². The number of rotatable bonds is 4. The van der Waals surface area contributed by atoms with Crippen LogP contribution in [-0.2, 0) is 23.2 Å². The summed E-state index contributed by atoms with van der Waals surface area (Å²) in [6.45, 7) is 4.65. The van der Waals surface area contributed by atoms with Crippen LogP contribution in [0.25, 0.3) is 0 Å². The van der Waals surface area contributed by atoms with E-state index >= 15 is 0 Å². The molecular formula is C13H21N5O2. The Bertz CT molecular complexity index is 507. The first-order valence-electron chi connectivity index (χ1n) is 6.95. The van der Waals surface area contributed by atoms with Crippen molar-refractivity contribution in [3.05, 3.63) is 12.2 Å². The zero-order chi connectivity index (χ0) is 14.8. The number of aromatic nitrogens is 3. The SMILES string of the molecule is CCC1(CC)NC(=O)CCN(Cc2ncnn2C)C1=O. The van der Waals surface area contributed by atoms with Gasteiger partial charge in [0.2, 0.25) is 11.8 Å². The molecule has 2 rings (SSSR count). The third kappa shape index (κ3) is 2.52. The lowest BCUT2D eigenvalue weighted by Gasteiger charge is -2.33. The largest absolute Gasteiger partial charge is 0.342 e. The lowest BCUT2D eigenvalue weighted by Crippen LogP contribution is -2.56. The van der Waals surface area contributed by atoms with Gasteiger partial charge in [0.05, 0.1) is 6.54 Å². The minimum atomic E-state index is -0.786. The van der Waals surface area contributed by atoms with Crippen LogP contribution in [0.3, 0.4) is 0 Å². The topological polar surface area (TPSA) is 80.1 Å². The quantitative estimate of drug-likeness (QED) is 0.855. The van der Waals surface area contributed by atoms with Gasteiger partial charge in [-0.1, -0.05) is 13.8 Å². The maximum absolute atomic E-state index is 12.8. The highest BCUT2D eigenvalue weighted by Gasteiger charge is 2.41. The maximum atomic E-state index is 12.8. The van der Waals surface area contributed by atoms with Gasteiger partial charge in [-0.2, -0.15) is 5.10 Å². The van der Waals surface area contributed by atoms with Gasteiger partial charge in [-0.3, -0.25) is 14.3 Å². The number of amides is 2. The molecule has 20 heavy (non-hydrogen) atoms. The van der Waals surface area contributed by atoms with E-state index in [-0.39, 0.29) is 11.8 Å². The minimum Gasteiger partial charge on any atom is -0.342 e. The summed E-state index contributed by atoms with van der Waals surface area (Å²) in [6, 6.07) is 0. The number of carbonyl (C=O) groups is 2. The van der Waals surface area contributed by atoms with Gasteiger partial charge >= 0.3 is 0 Å². The lowest BCUT2D eigenvalue weighted by molar-refractivity contribution is -0.139. The molecule has 0 radical (unpaired) electrons. The Morgan fingerprint density at radius 2 is 2.05 bits per heavy atom. The van der Waals surface area contributed by atoms with E-state index in [1.54, 1.807) is 16.6 Å². The van der Waals surface area contributed by atoms with Crippen molar-refractivity contribution in [2.24, 2.45) is 7.05 Å². The van der Waals surface area contributed by atoms with E-state index in [1.807, 2.05) is 13.8 Å². The van der Waals surface area contributed by atoms with Crippen LogP contribution in [-0.4, -0.2) is 43.6 Å². The standard InChI is InChI=1S/C13H21N5O2/c1-4-13(5-2)12(20)18(7-6-11(19)16-13)8-10-14-9-15-17(10)3/h9H,4-8H2,1-3H3,(H,16,19). The Balaban J connectivity index is 2.26. The van der Waals surface area contributed by atoms with Crippen molar-refractivity contribution in [2.45, 2.75) is 45.2 Å². The molecule has 110 valence electrons. The van der Waals surface area contributed by atoms with Gasteiger partial charge in [0, 0.05) is 20.0 Å². The first kappa shape index (κ1) is 14.5. The van der Waals surface area contributed by atoms with Crippen LogP contribution in [0.4, 0.5) is 0 Å². The smallest absolute Gasteiger partial charge is 0.248 e. The van der Waals surface area contributed by atoms with Gasteiger partial charge in [-0.15, -0.1) is 0 Å². The third-order valence-electron chi connectivity index (χ3n) is 4.03. The predicted molar refractivity (Wildman–Crippen MR) is 72.5 cm³/mol. The number of nitrogens with zero attached hydrogens (tertiary/aromatic N) is 4. The molecule has 1 N–H and O–H groups in total. The first-order chi connectivity index (χ1) is 9.52. The molecule has 0 unspecified atom stereocenters. The second-order valence-corrected chi connectivity index (χ2v) is 5.11. The van der Waals surface area contributed by atoms with Gasteiger partial charge in [-0.25, -0.2) is 4.98 Å². The second-order valence-electron chi connectivity index (χ2n) is 5.11. The van der Waals surface area contributed by atoms with Gasteiger partial charge in [0.15, 0.2) is 0 Å². The molecule has 0 aromatic carbocycles. The van der Waals surface area contributed by atoms with Crippen LogP contribution in [0.15, 0.2) is 6.33 Å². The zero-order valence-corrected chi connectivity index (χ0v) is 12.2. The molecule has 1 aromatic rings. The highest BCUT2D eigenvalue weighted by Crippen LogP contribution is 2.22. The summed E-state index contributed by atoms with van der Waals surface area (Å²) < 4.78 is 1.65. The lowest BCUT2D eigenvalue weighted by atomic mass is 9.91. The predicted octanol–water partition coefficient (Wildman–Crippen LogP) is 0.222. The molecule has 0 aliphatic carbocycles. The van der Waals surface area contributed by atoms with E-state index < -0.39 is 5.54 Å². The first-order valence-corrected chi connectivity index (χ1v) is 6.95. The molecule has 1 aliphatic rings. The van der Waals surface area contributed by atoms with E-state index in [0.29, 0.717) is 38.2 Å². The summed E-state index contributed by atoms with van der Waals surface area (Å²) in [4.78, 5) is 30.5. The van der Waals surface area contributed by atoms with Gasteiger partial charge < -0.3 is 10.2 Å². The number of hydrogen-bond acceptors (Lipinski definition) is 4. The Morgan fingerprint density at radius 3 is 2.60 bits per heavy atom. The highest BCUT2D eigenvalue weighted by atomic mass is 16.2. The molecule has 0 atom stereocenters. The summed E-state index contributed by atoms with van der Waals surface area (Å²) in [5, 5.41) is 6.90. The average Bonchev–Trinajstić information content (AvgIpc) is 2.80. The molecule has 0 saturated carbocycles. The average molecular weight is 279 g/mol. The van der Waals surface area contributed by atoms with E-state index in [9.17, 15) is 9.59 Å². The number of carbonyl (C=O) groups excluding carboxylic acids is 2. The van der Waals surface area contributed by atoms with Crippen LogP contribution >= 0.6 is 0 Å². The van der Waals surface area contributed by atoms with E-state index in [2.05, 4.69) is 15.4 Å². The van der Waals surface area contributed by atoms with Crippen molar-refractivity contribution in [1.29, 1.82) is 0 Å². The monoisotopic (exact) mass is 279 g/mol. The van der Waals surface area contributed by atoms with Crippen molar-refractivity contribution in [2.75, 3.05) is 6.54 Å². The van der Waals surface area contributed by atoms with Crippen LogP contribution in [0.5, 0.6) is 0 Å². The summed E-state index contributed by atoms with van der Waals surface area (Å²) in [7, 11) is 1.79. The number of hydrogen-bond donors (Lipinski definition) is 1. The zero-order valence-electron chi connectivity index (χ0n) is 12.2. The molecule has 1 saturated heterocycles. The summed E-state index contributed by atoms with van der Waals surface area (Å²) in [5.74, 6) is 0.618. The molecule has 0 spiro atoms. The summed E-state index contributed by atoms with van der Waals surface area (Å²) in [5.41, 5.74) is -0.786. The van der Waals surface area contributed by atoms with Gasteiger partial charge in [0.25, 0.3) is 0 Å². The van der Waals surface area contributed by atoms with Crippen molar-refractivity contribution in [3.8, 4) is 0 Å². The molecule has 2 heterocycles. The summed E-state index contributed by atoms with van der Waals surface area (Å²) >= 11 is 0. The highest BCUT2D eigenvalue weighted by molar-refractivity contribution is 5.93. The van der Waals surface area contributed by atoms with Crippen molar-refractivity contribution in [3.63, 3.8) is 0 Å². The molecule has 1 fully saturated rings. The second kappa shape index (κ2) is 5.60. The molecular weight excluding hydrogens is 258 g/mol. The van der Waals surface area contributed by atoms with Crippen LogP contribution < -0.4 is 5.32 Å². The Kier molecular flexibility index (Phi) is 4.06. The molecule has 2 amide bonds. The Morgan fingerprint density at radius 1 is 1.35 bits per heavy atom. The number of nitrogens with one attached hydrogen (secondary N) is 1. The van der Waals surface area contributed by atoms with E-state index in [4.69, 9.17) is 0 Å². The van der Waals surface area contributed by atoms with Gasteiger partial charge in [0.1, 0.15) is 17.7 Å².